The van der Waals surface area contributed by atoms with Crippen LogP contribution in [0.3, 0.4) is 0 Å². The number of piperidine rings is 1. The number of amides is 3. The number of likely N-dealkylation sites (tertiary alicyclic amines) is 1. The minimum Gasteiger partial charge on any atom is -0.497 e. The Morgan fingerprint density at radius 3 is 2.38 bits per heavy atom. The summed E-state index contributed by atoms with van der Waals surface area (Å²) in [5, 5.41) is 3.45. The van der Waals surface area contributed by atoms with Gasteiger partial charge in [-0.05, 0) is 61.4 Å². The molecule has 0 atom stereocenters. The van der Waals surface area contributed by atoms with Crippen LogP contribution < -0.4 is 19.7 Å². The van der Waals surface area contributed by atoms with Crippen LogP contribution in [0.1, 0.15) is 12.8 Å². The van der Waals surface area contributed by atoms with Gasteiger partial charge in [0.1, 0.15) is 23.6 Å². The molecule has 0 radical (unpaired) electrons. The number of para-hydroxylation sites is 1. The molecule has 1 N–H and O–H groups in total. The van der Waals surface area contributed by atoms with Gasteiger partial charge >= 0.3 is 0 Å². The topological polar surface area (TPSA) is 91.4 Å². The van der Waals surface area contributed by atoms with Crippen LogP contribution in [0, 0.1) is 0 Å². The lowest BCUT2D eigenvalue weighted by Crippen LogP contribution is -2.57. The molecule has 0 saturated carbocycles. The van der Waals surface area contributed by atoms with Gasteiger partial charge in [-0.25, -0.2) is 0 Å². The Morgan fingerprint density at radius 1 is 0.950 bits per heavy atom. The number of nitrogens with zero attached hydrogens (tertiary/aromatic N) is 3. The van der Waals surface area contributed by atoms with E-state index in [1.54, 1.807) is 65.4 Å². The molecule has 10 heteroatoms. The maximum atomic E-state index is 13.9. The summed E-state index contributed by atoms with van der Waals surface area (Å²) in [5.41, 5.74) is 0.654. The molecule has 0 aromatic heterocycles. The Hall–Kier alpha value is -4.24. The number of ether oxygens (including phenoxy) is 2. The van der Waals surface area contributed by atoms with Crippen LogP contribution >= 0.6 is 11.6 Å². The summed E-state index contributed by atoms with van der Waals surface area (Å²) in [5.74, 6) is 0.649. The van der Waals surface area contributed by atoms with Gasteiger partial charge in [0.25, 0.3) is 11.8 Å². The zero-order chi connectivity index (χ0) is 28.1. The molecular formula is C30H31ClN4O5. The Kier molecular flexibility index (Phi) is 8.11. The number of halogens is 1. The molecule has 0 bridgehead atoms. The predicted octanol–water partition coefficient (Wildman–Crippen LogP) is 4.03. The average molecular weight is 563 g/mol. The molecule has 9 nitrogen and oxygen atoms in total. The van der Waals surface area contributed by atoms with E-state index in [2.05, 4.69) is 10.2 Å². The van der Waals surface area contributed by atoms with Gasteiger partial charge in [-0.3, -0.25) is 14.4 Å². The van der Waals surface area contributed by atoms with Crippen molar-refractivity contribution in [1.82, 2.24) is 9.80 Å². The van der Waals surface area contributed by atoms with Gasteiger partial charge < -0.3 is 29.5 Å². The first-order valence-electron chi connectivity index (χ1n) is 13.1. The number of methoxy groups -OCH3 is 1. The summed E-state index contributed by atoms with van der Waals surface area (Å²) in [6, 6.07) is 23.6. The molecule has 3 aromatic carbocycles. The van der Waals surface area contributed by atoms with Crippen LogP contribution in [0.4, 0.5) is 11.4 Å². The van der Waals surface area contributed by atoms with Crippen molar-refractivity contribution in [3.05, 3.63) is 83.9 Å². The highest BCUT2D eigenvalue weighted by molar-refractivity contribution is 6.30. The van der Waals surface area contributed by atoms with E-state index >= 15 is 0 Å². The van der Waals surface area contributed by atoms with Crippen molar-refractivity contribution in [2.24, 2.45) is 0 Å². The van der Waals surface area contributed by atoms with Gasteiger partial charge in [0.05, 0.1) is 13.8 Å². The molecule has 0 aliphatic carbocycles. The van der Waals surface area contributed by atoms with Gasteiger partial charge in [-0.15, -0.1) is 0 Å². The van der Waals surface area contributed by atoms with E-state index in [4.69, 9.17) is 21.1 Å². The van der Waals surface area contributed by atoms with Crippen molar-refractivity contribution < 1.29 is 23.9 Å². The summed E-state index contributed by atoms with van der Waals surface area (Å²) >= 11 is 5.92. The van der Waals surface area contributed by atoms with Crippen LogP contribution in [0.5, 0.6) is 11.5 Å². The van der Waals surface area contributed by atoms with Crippen molar-refractivity contribution in [1.29, 1.82) is 0 Å². The highest BCUT2D eigenvalue weighted by atomic mass is 35.5. The third kappa shape index (κ3) is 5.84. The second-order valence-corrected chi connectivity index (χ2v) is 10.3. The average Bonchev–Trinajstić information content (AvgIpc) is 3.23. The lowest BCUT2D eigenvalue weighted by molar-refractivity contribution is -0.140. The largest absolute Gasteiger partial charge is 0.497 e. The zero-order valence-corrected chi connectivity index (χ0v) is 23.0. The van der Waals surface area contributed by atoms with Gasteiger partial charge in [-0.1, -0.05) is 35.9 Å². The first-order chi connectivity index (χ1) is 19.4. The molecular weight excluding hydrogens is 532 g/mol. The van der Waals surface area contributed by atoms with E-state index in [1.807, 2.05) is 30.3 Å². The second kappa shape index (κ2) is 11.9. The summed E-state index contributed by atoms with van der Waals surface area (Å²) in [4.78, 5) is 45.1. The monoisotopic (exact) mass is 562 g/mol. The van der Waals surface area contributed by atoms with Crippen LogP contribution in [0.2, 0.25) is 5.02 Å². The summed E-state index contributed by atoms with van der Waals surface area (Å²) in [7, 11) is 1.56. The normalized spacial score (nSPS) is 16.2. The zero-order valence-electron chi connectivity index (χ0n) is 22.2. The van der Waals surface area contributed by atoms with Gasteiger partial charge in [-0.2, -0.15) is 0 Å². The van der Waals surface area contributed by atoms with Crippen molar-refractivity contribution in [2.45, 2.75) is 18.4 Å². The standard InChI is InChI=1S/C30H31ClN4O5/c1-39-26-9-5-6-23(18-26)32-27(36)19-34-21-35(24-7-3-2-4-8-24)30(29(34)38)14-16-33(17-15-30)28(37)20-40-25-12-10-22(31)11-13-25/h2-13,18H,14-17,19-21H2,1H3,(H,32,36). The fraction of sp³-hybridized carbons (Fsp3) is 0.300. The summed E-state index contributed by atoms with van der Waals surface area (Å²) < 4.78 is 10.9. The third-order valence-corrected chi connectivity index (χ3v) is 7.64. The first-order valence-corrected chi connectivity index (χ1v) is 13.5. The smallest absolute Gasteiger partial charge is 0.260 e. The van der Waals surface area contributed by atoms with E-state index in [-0.39, 0.29) is 37.5 Å². The minimum atomic E-state index is -0.842. The van der Waals surface area contributed by atoms with Crippen LogP contribution in [0.15, 0.2) is 78.9 Å². The predicted molar refractivity (Wildman–Crippen MR) is 153 cm³/mol. The van der Waals surface area contributed by atoms with Crippen molar-refractivity contribution in [2.75, 3.05) is 50.2 Å². The maximum absolute atomic E-state index is 13.9. The van der Waals surface area contributed by atoms with Crippen molar-refractivity contribution in [3.8, 4) is 11.5 Å². The van der Waals surface area contributed by atoms with Crippen molar-refractivity contribution in [3.63, 3.8) is 0 Å². The molecule has 3 aromatic rings. The van der Waals surface area contributed by atoms with Crippen LogP contribution in [-0.2, 0) is 14.4 Å². The maximum Gasteiger partial charge on any atom is 0.260 e. The van der Waals surface area contributed by atoms with Gasteiger partial charge in [0.15, 0.2) is 6.61 Å². The molecule has 40 heavy (non-hydrogen) atoms. The quantitative estimate of drug-likeness (QED) is 0.446. The molecule has 2 heterocycles. The Balaban J connectivity index is 1.26. The number of hydrogen-bond acceptors (Lipinski definition) is 6. The van der Waals surface area contributed by atoms with Crippen LogP contribution in [-0.4, -0.2) is 73.1 Å². The molecule has 2 aliphatic heterocycles. The van der Waals surface area contributed by atoms with E-state index in [1.165, 1.54) is 0 Å². The Bertz CT molecular complexity index is 1360. The number of nitrogens with one attached hydrogen (secondary N) is 1. The fourth-order valence-corrected chi connectivity index (χ4v) is 5.42. The summed E-state index contributed by atoms with van der Waals surface area (Å²) in [6.07, 6.45) is 0.892. The summed E-state index contributed by atoms with van der Waals surface area (Å²) in [6.45, 7) is 0.908. The highest BCUT2D eigenvalue weighted by Gasteiger charge is 2.54. The number of carbonyl (C=O) groups is 3. The number of rotatable bonds is 8. The number of benzene rings is 3. The van der Waals surface area contributed by atoms with E-state index in [0.717, 1.165) is 5.69 Å². The lowest BCUT2D eigenvalue weighted by atomic mass is 9.85. The molecule has 5 rings (SSSR count). The fourth-order valence-electron chi connectivity index (χ4n) is 5.29. The molecule has 3 amide bonds. The van der Waals surface area contributed by atoms with E-state index < -0.39 is 5.54 Å². The second-order valence-electron chi connectivity index (χ2n) is 9.84. The lowest BCUT2D eigenvalue weighted by Gasteiger charge is -2.43. The molecule has 1 spiro atoms. The highest BCUT2D eigenvalue weighted by Crippen LogP contribution is 2.39. The first kappa shape index (κ1) is 27.3. The third-order valence-electron chi connectivity index (χ3n) is 7.39. The minimum absolute atomic E-state index is 0.0846. The molecule has 0 unspecified atom stereocenters. The SMILES string of the molecule is COc1cccc(NC(=O)CN2CN(c3ccccc3)C3(CCN(C(=O)COc4ccc(Cl)cc4)CC3)C2=O)c1. The van der Waals surface area contributed by atoms with Gasteiger partial charge in [0.2, 0.25) is 5.91 Å². The number of anilines is 2. The number of carbonyl (C=O) groups excluding carboxylic acids is 3. The van der Waals surface area contributed by atoms with Crippen LogP contribution in [0.25, 0.3) is 0 Å². The van der Waals surface area contributed by atoms with E-state index in [0.29, 0.717) is 48.1 Å². The molecule has 2 fully saturated rings. The van der Waals surface area contributed by atoms with Crippen molar-refractivity contribution >= 4 is 40.7 Å². The Morgan fingerprint density at radius 2 is 1.68 bits per heavy atom. The van der Waals surface area contributed by atoms with E-state index in [9.17, 15) is 14.4 Å². The molecule has 2 saturated heterocycles. The molecule has 208 valence electrons. The number of hydrogen-bond donors (Lipinski definition) is 1. The van der Waals surface area contributed by atoms with Gasteiger partial charge in [0, 0.05) is 35.6 Å². The molecule has 2 aliphatic rings. The Labute approximate surface area is 238 Å².